The zero-order valence-corrected chi connectivity index (χ0v) is 23.4. The molecule has 1 amide bonds. The molecule has 11 heteroatoms. The maximum Gasteiger partial charge on any atom is 0.256 e. The monoisotopic (exact) mass is 562 g/mol. The van der Waals surface area contributed by atoms with Gasteiger partial charge in [0.2, 0.25) is 10.0 Å². The number of hydrogen-bond acceptors (Lipinski definition) is 7. The molecule has 0 unspecified atom stereocenters. The van der Waals surface area contributed by atoms with E-state index in [4.69, 9.17) is 4.98 Å². The summed E-state index contributed by atoms with van der Waals surface area (Å²) in [7, 11) is -0.584. The van der Waals surface area contributed by atoms with Crippen molar-refractivity contribution in [3.63, 3.8) is 0 Å². The predicted molar refractivity (Wildman–Crippen MR) is 150 cm³/mol. The second-order valence-electron chi connectivity index (χ2n) is 8.58. The van der Waals surface area contributed by atoms with Crippen LogP contribution in [0.15, 0.2) is 53.4 Å². The molecule has 0 radical (unpaired) electrons. The molecule has 1 N–H and O–H groups in total. The van der Waals surface area contributed by atoms with Gasteiger partial charge in [-0.15, -0.1) is 35.1 Å². The van der Waals surface area contributed by atoms with E-state index in [1.54, 1.807) is 34.8 Å². The number of carbonyl (C=O) groups is 1. The third kappa shape index (κ3) is 4.93. The minimum absolute atomic E-state index is 0. The van der Waals surface area contributed by atoms with Crippen molar-refractivity contribution >= 4 is 66.2 Å². The van der Waals surface area contributed by atoms with Gasteiger partial charge < -0.3 is 5.32 Å². The fraction of sp³-hybridized carbons (Fsp3) is 0.280. The van der Waals surface area contributed by atoms with Crippen LogP contribution < -0.4 is 5.32 Å². The number of hydrogen-bond donors (Lipinski definition) is 1. The van der Waals surface area contributed by atoms with E-state index in [0.29, 0.717) is 5.56 Å². The van der Waals surface area contributed by atoms with Gasteiger partial charge in [-0.25, -0.2) is 17.7 Å². The summed E-state index contributed by atoms with van der Waals surface area (Å²) < 4.78 is 27.0. The molecule has 0 aliphatic carbocycles. The third-order valence-electron chi connectivity index (χ3n) is 6.21. The van der Waals surface area contributed by atoms with Crippen LogP contribution in [0.2, 0.25) is 0 Å². The summed E-state index contributed by atoms with van der Waals surface area (Å²) in [5, 5.41) is 4.82. The molecule has 7 nitrogen and oxygen atoms in total. The van der Waals surface area contributed by atoms with Crippen molar-refractivity contribution in [1.29, 1.82) is 0 Å². The number of halogens is 1. The van der Waals surface area contributed by atoms with Crippen molar-refractivity contribution in [1.82, 2.24) is 14.2 Å². The number of nitrogens with one attached hydrogen (secondary N) is 1. The number of likely N-dealkylation sites (N-methyl/N-ethyl adjacent to an activating group) is 1. The summed E-state index contributed by atoms with van der Waals surface area (Å²) in [5.41, 5.74) is 3.64. The Bertz CT molecular complexity index is 1480. The number of nitrogens with zero attached hydrogens (tertiary/aromatic N) is 3. The van der Waals surface area contributed by atoms with Gasteiger partial charge in [0.15, 0.2) is 0 Å². The normalized spacial score (nSPS) is 14.0. The first-order valence-electron chi connectivity index (χ1n) is 11.3. The number of benzene rings is 2. The van der Waals surface area contributed by atoms with Gasteiger partial charge in [0.1, 0.15) is 10.0 Å². The standard InChI is InChI=1S/C25H26N4O3S3.ClH/c1-4-29-14-13-18-21(15-29)34-25(22(18)24-26-19-7-5-6-8-20(19)33-24)27-23(30)16-9-11-17(12-10-16)35(31,32)28(2)3;/h5-12H,4,13-15H2,1-3H3,(H,27,30);1H. The Labute approximate surface area is 225 Å². The van der Waals surface area contributed by atoms with Crippen LogP contribution in [0.4, 0.5) is 5.00 Å². The molecule has 0 saturated heterocycles. The number of sulfonamides is 1. The Morgan fingerprint density at radius 3 is 2.50 bits per heavy atom. The van der Waals surface area contributed by atoms with E-state index in [9.17, 15) is 13.2 Å². The number of amides is 1. The lowest BCUT2D eigenvalue weighted by molar-refractivity contribution is 0.102. The molecule has 0 saturated carbocycles. The van der Waals surface area contributed by atoms with Crippen LogP contribution in [0.3, 0.4) is 0 Å². The van der Waals surface area contributed by atoms with Gasteiger partial charge in [0.25, 0.3) is 5.91 Å². The minimum atomic E-state index is -3.55. The summed E-state index contributed by atoms with van der Waals surface area (Å²) in [5.74, 6) is -0.271. The Morgan fingerprint density at radius 2 is 1.83 bits per heavy atom. The highest BCUT2D eigenvalue weighted by Gasteiger charge is 2.27. The molecule has 1 aliphatic rings. The van der Waals surface area contributed by atoms with E-state index in [2.05, 4.69) is 23.2 Å². The zero-order valence-electron chi connectivity index (χ0n) is 20.1. The highest BCUT2D eigenvalue weighted by Crippen LogP contribution is 2.45. The summed E-state index contributed by atoms with van der Waals surface area (Å²) >= 11 is 3.25. The van der Waals surface area contributed by atoms with E-state index in [0.717, 1.165) is 56.1 Å². The van der Waals surface area contributed by atoms with Crippen molar-refractivity contribution in [3.8, 4) is 10.6 Å². The van der Waals surface area contributed by atoms with Crippen LogP contribution in [0.25, 0.3) is 20.8 Å². The van der Waals surface area contributed by atoms with E-state index in [1.807, 2.05) is 18.2 Å². The number of rotatable bonds is 6. The summed E-state index contributed by atoms with van der Waals surface area (Å²) in [6.07, 6.45) is 0.915. The minimum Gasteiger partial charge on any atom is -0.313 e. The lowest BCUT2D eigenvalue weighted by Crippen LogP contribution is -2.29. The fourth-order valence-corrected chi connectivity index (χ4v) is 7.48. The van der Waals surface area contributed by atoms with E-state index in [1.165, 1.54) is 36.7 Å². The van der Waals surface area contributed by atoms with Crippen LogP contribution in [-0.2, 0) is 23.0 Å². The smallest absolute Gasteiger partial charge is 0.256 e. The van der Waals surface area contributed by atoms with E-state index >= 15 is 0 Å². The molecule has 0 atom stereocenters. The van der Waals surface area contributed by atoms with Crippen molar-refractivity contribution in [3.05, 3.63) is 64.5 Å². The zero-order chi connectivity index (χ0) is 24.7. The van der Waals surface area contributed by atoms with Crippen molar-refractivity contribution in [2.75, 3.05) is 32.5 Å². The molecule has 2 aromatic carbocycles. The van der Waals surface area contributed by atoms with Crippen LogP contribution in [0, 0.1) is 0 Å². The van der Waals surface area contributed by atoms with Gasteiger partial charge >= 0.3 is 0 Å². The highest BCUT2D eigenvalue weighted by molar-refractivity contribution is 7.89. The van der Waals surface area contributed by atoms with Crippen molar-refractivity contribution < 1.29 is 13.2 Å². The first-order valence-corrected chi connectivity index (χ1v) is 14.4. The number of fused-ring (bicyclic) bond motifs is 2. The Morgan fingerprint density at radius 1 is 1.11 bits per heavy atom. The second-order valence-corrected chi connectivity index (χ2v) is 12.9. The molecule has 0 bridgehead atoms. The van der Waals surface area contributed by atoms with Crippen molar-refractivity contribution in [2.45, 2.75) is 24.8 Å². The SMILES string of the molecule is CCN1CCc2c(sc(NC(=O)c3ccc(S(=O)(=O)N(C)C)cc3)c2-c2nc3ccccc3s2)C1.Cl. The van der Waals surface area contributed by atoms with Gasteiger partial charge in [-0.1, -0.05) is 19.1 Å². The molecule has 36 heavy (non-hydrogen) atoms. The quantitative estimate of drug-likeness (QED) is 0.343. The molecule has 1 aliphatic heterocycles. The van der Waals surface area contributed by atoms with E-state index < -0.39 is 10.0 Å². The summed E-state index contributed by atoms with van der Waals surface area (Å²) in [6.45, 7) is 4.99. The number of thiazole rings is 1. The first-order chi connectivity index (χ1) is 16.8. The lowest BCUT2D eigenvalue weighted by Gasteiger charge is -2.25. The number of para-hydroxylation sites is 1. The Kier molecular flexibility index (Phi) is 7.84. The van der Waals surface area contributed by atoms with Crippen molar-refractivity contribution in [2.24, 2.45) is 0 Å². The predicted octanol–water partition coefficient (Wildman–Crippen LogP) is 5.33. The van der Waals surface area contributed by atoms with Gasteiger partial charge in [-0.3, -0.25) is 9.69 Å². The molecule has 2 aromatic heterocycles. The molecule has 3 heterocycles. The van der Waals surface area contributed by atoms with Gasteiger partial charge in [-0.05, 0) is 54.9 Å². The second kappa shape index (κ2) is 10.6. The molecule has 0 spiro atoms. The molecule has 0 fully saturated rings. The van der Waals surface area contributed by atoms with Crippen LogP contribution in [0.1, 0.15) is 27.7 Å². The van der Waals surface area contributed by atoms with Crippen LogP contribution in [0.5, 0.6) is 0 Å². The number of thiophene rings is 1. The summed E-state index contributed by atoms with van der Waals surface area (Å²) in [4.78, 5) is 21.9. The molecule has 4 aromatic rings. The molecule has 5 rings (SSSR count). The average Bonchev–Trinajstić information content (AvgIpc) is 3.43. The molecule has 190 valence electrons. The van der Waals surface area contributed by atoms with Crippen LogP contribution in [-0.4, -0.2) is 55.7 Å². The largest absolute Gasteiger partial charge is 0.313 e. The Hall–Kier alpha value is -2.34. The number of carbonyl (C=O) groups excluding carboxylic acids is 1. The average molecular weight is 563 g/mol. The summed E-state index contributed by atoms with van der Waals surface area (Å²) in [6, 6.07) is 14.1. The topological polar surface area (TPSA) is 82.6 Å². The first kappa shape index (κ1) is 26.7. The van der Waals surface area contributed by atoms with Crippen LogP contribution >= 0.6 is 35.1 Å². The van der Waals surface area contributed by atoms with Gasteiger partial charge in [-0.2, -0.15) is 0 Å². The molecular formula is C25H27ClN4O3S3. The highest BCUT2D eigenvalue weighted by atomic mass is 35.5. The lowest BCUT2D eigenvalue weighted by atomic mass is 10.0. The van der Waals surface area contributed by atoms with E-state index in [-0.39, 0.29) is 23.2 Å². The fourth-order valence-electron chi connectivity index (χ4n) is 4.18. The van der Waals surface area contributed by atoms with Gasteiger partial charge in [0.05, 0.1) is 15.1 Å². The number of aromatic nitrogens is 1. The maximum atomic E-state index is 13.2. The maximum absolute atomic E-state index is 13.2. The third-order valence-corrected chi connectivity index (χ3v) is 10.2. The molecular weight excluding hydrogens is 536 g/mol. The van der Waals surface area contributed by atoms with Gasteiger partial charge in [0, 0.05) is 43.2 Å². The Balaban J connectivity index is 0.00000304. The number of anilines is 1.